The minimum absolute atomic E-state index is 0.0595. The molecule has 0 heterocycles. The van der Waals surface area contributed by atoms with Gasteiger partial charge in [0.05, 0.1) is 13.2 Å². The van der Waals surface area contributed by atoms with Gasteiger partial charge in [0.1, 0.15) is 5.75 Å². The first kappa shape index (κ1) is 23.3. The predicted octanol–water partition coefficient (Wildman–Crippen LogP) is 5.35. The number of ether oxygens (including phenoxy) is 1. The van der Waals surface area contributed by atoms with Crippen molar-refractivity contribution in [2.24, 2.45) is 0 Å². The molecule has 0 aliphatic rings. The van der Waals surface area contributed by atoms with Gasteiger partial charge in [0, 0.05) is 29.5 Å². The van der Waals surface area contributed by atoms with Gasteiger partial charge in [-0.2, -0.15) is 0 Å². The van der Waals surface area contributed by atoms with E-state index in [1.807, 2.05) is 43.3 Å². The minimum Gasteiger partial charge on any atom is -0.494 e. The average molecular weight is 412 g/mol. The first-order valence-corrected chi connectivity index (χ1v) is 10.7. The van der Waals surface area contributed by atoms with Crippen molar-refractivity contribution in [3.05, 3.63) is 48.0 Å². The Kier molecular flexibility index (Phi) is 9.71. The van der Waals surface area contributed by atoms with Crippen molar-refractivity contribution in [3.8, 4) is 5.75 Å². The van der Waals surface area contributed by atoms with E-state index in [1.54, 1.807) is 13.0 Å². The molecular formula is C24H33N3O3. The first-order valence-electron chi connectivity index (χ1n) is 10.7. The van der Waals surface area contributed by atoms with Gasteiger partial charge in [-0.1, -0.05) is 45.2 Å². The third-order valence-corrected chi connectivity index (χ3v) is 4.67. The van der Waals surface area contributed by atoms with E-state index >= 15 is 0 Å². The zero-order valence-corrected chi connectivity index (χ0v) is 18.2. The molecule has 162 valence electrons. The average Bonchev–Trinajstić information content (AvgIpc) is 2.74. The molecule has 2 aromatic carbocycles. The fraction of sp³-hybridized carbons (Fsp3) is 0.417. The molecule has 0 spiro atoms. The molecule has 0 radical (unpaired) electrons. The number of hydrogen-bond acceptors (Lipinski definition) is 4. The van der Waals surface area contributed by atoms with E-state index in [2.05, 4.69) is 22.9 Å². The molecule has 0 bridgehead atoms. The number of benzene rings is 2. The highest BCUT2D eigenvalue weighted by atomic mass is 16.5. The molecule has 0 aromatic heterocycles. The minimum atomic E-state index is -0.169. The molecule has 0 aliphatic heterocycles. The molecule has 30 heavy (non-hydrogen) atoms. The molecule has 2 rings (SSSR count). The van der Waals surface area contributed by atoms with Gasteiger partial charge in [-0.05, 0) is 43.2 Å². The molecular weight excluding hydrogens is 378 g/mol. The third-order valence-electron chi connectivity index (χ3n) is 4.67. The Morgan fingerprint density at radius 1 is 0.900 bits per heavy atom. The van der Waals surface area contributed by atoms with Crippen LogP contribution in [0.2, 0.25) is 0 Å². The maximum absolute atomic E-state index is 12.3. The van der Waals surface area contributed by atoms with Gasteiger partial charge in [0.15, 0.2) is 0 Å². The number of carbonyl (C=O) groups is 2. The first-order chi connectivity index (χ1) is 14.5. The van der Waals surface area contributed by atoms with E-state index in [-0.39, 0.29) is 18.4 Å². The number of unbranched alkanes of at least 4 members (excludes halogenated alkanes) is 3. The van der Waals surface area contributed by atoms with Gasteiger partial charge in [-0.15, -0.1) is 0 Å². The fourth-order valence-corrected chi connectivity index (χ4v) is 2.88. The second-order valence-corrected chi connectivity index (χ2v) is 7.27. The lowest BCUT2D eigenvalue weighted by atomic mass is 10.1. The summed E-state index contributed by atoms with van der Waals surface area (Å²) >= 11 is 0. The summed E-state index contributed by atoms with van der Waals surface area (Å²) in [6.45, 7) is 6.73. The Labute approximate surface area is 179 Å². The number of nitrogens with one attached hydrogen (secondary N) is 3. The molecule has 6 heteroatoms. The van der Waals surface area contributed by atoms with E-state index in [0.29, 0.717) is 24.4 Å². The molecule has 3 N–H and O–H groups in total. The van der Waals surface area contributed by atoms with Crippen molar-refractivity contribution >= 4 is 28.9 Å². The summed E-state index contributed by atoms with van der Waals surface area (Å²) in [7, 11) is 0. The summed E-state index contributed by atoms with van der Waals surface area (Å²) in [5.41, 5.74) is 3.12. The van der Waals surface area contributed by atoms with Crippen LogP contribution in [-0.2, 0) is 9.59 Å². The van der Waals surface area contributed by atoms with E-state index in [9.17, 15) is 9.59 Å². The molecule has 0 saturated carbocycles. The van der Waals surface area contributed by atoms with Gasteiger partial charge in [-0.3, -0.25) is 9.59 Å². The monoisotopic (exact) mass is 411 g/mol. The van der Waals surface area contributed by atoms with Gasteiger partial charge in [0.2, 0.25) is 11.8 Å². The number of hydrogen-bond donors (Lipinski definition) is 3. The van der Waals surface area contributed by atoms with Crippen LogP contribution in [0.25, 0.3) is 0 Å². The summed E-state index contributed by atoms with van der Waals surface area (Å²) in [4.78, 5) is 24.0. The molecule has 0 fully saturated rings. The molecule has 0 aliphatic carbocycles. The summed E-state index contributed by atoms with van der Waals surface area (Å²) in [6.07, 6.45) is 5.07. The second kappa shape index (κ2) is 12.5. The van der Waals surface area contributed by atoms with Crippen LogP contribution >= 0.6 is 0 Å². The van der Waals surface area contributed by atoms with Crippen molar-refractivity contribution in [3.63, 3.8) is 0 Å². The molecule has 0 saturated heterocycles. The van der Waals surface area contributed by atoms with Crippen LogP contribution in [0.4, 0.5) is 17.1 Å². The number of amides is 2. The Balaban J connectivity index is 1.84. The Morgan fingerprint density at radius 2 is 1.73 bits per heavy atom. The van der Waals surface area contributed by atoms with Crippen LogP contribution < -0.4 is 20.7 Å². The maximum atomic E-state index is 12.3. The van der Waals surface area contributed by atoms with E-state index in [4.69, 9.17) is 4.74 Å². The molecule has 2 aromatic rings. The van der Waals surface area contributed by atoms with Crippen molar-refractivity contribution in [1.82, 2.24) is 0 Å². The number of aryl methyl sites for hydroxylation is 1. The van der Waals surface area contributed by atoms with Crippen molar-refractivity contribution < 1.29 is 14.3 Å². The van der Waals surface area contributed by atoms with Crippen LogP contribution in [0.1, 0.15) is 51.5 Å². The highest BCUT2D eigenvalue weighted by Gasteiger charge is 2.07. The quantitative estimate of drug-likeness (QED) is 0.411. The van der Waals surface area contributed by atoms with E-state index in [0.717, 1.165) is 23.4 Å². The van der Waals surface area contributed by atoms with Crippen LogP contribution in [0.3, 0.4) is 0 Å². The second-order valence-electron chi connectivity index (χ2n) is 7.27. The van der Waals surface area contributed by atoms with Crippen LogP contribution in [0.15, 0.2) is 42.5 Å². The Bertz CT molecular complexity index is 836. The lowest BCUT2D eigenvalue weighted by Gasteiger charge is -2.12. The zero-order chi connectivity index (χ0) is 21.8. The summed E-state index contributed by atoms with van der Waals surface area (Å²) in [5.74, 6) is 0.569. The van der Waals surface area contributed by atoms with Gasteiger partial charge < -0.3 is 20.7 Å². The van der Waals surface area contributed by atoms with E-state index < -0.39 is 0 Å². The summed E-state index contributed by atoms with van der Waals surface area (Å²) < 4.78 is 5.79. The SMILES string of the molecule is CCCCCCOc1cccc(NCC(=O)Nc2ccc(C)c(NC(=O)CC)c2)c1. The van der Waals surface area contributed by atoms with Crippen LogP contribution in [-0.4, -0.2) is 25.0 Å². The van der Waals surface area contributed by atoms with Crippen LogP contribution in [0.5, 0.6) is 5.75 Å². The van der Waals surface area contributed by atoms with Gasteiger partial charge in [-0.25, -0.2) is 0 Å². The van der Waals surface area contributed by atoms with Gasteiger partial charge >= 0.3 is 0 Å². The molecule has 6 nitrogen and oxygen atoms in total. The number of anilines is 3. The molecule has 2 amide bonds. The largest absolute Gasteiger partial charge is 0.494 e. The topological polar surface area (TPSA) is 79.5 Å². The summed E-state index contributed by atoms with van der Waals surface area (Å²) in [6, 6.07) is 13.1. The lowest BCUT2D eigenvalue weighted by Crippen LogP contribution is -2.22. The standard InChI is InChI=1S/C24H33N3O3/c1-4-6-7-8-14-30-21-11-9-10-19(15-21)25-17-24(29)26-20-13-12-18(3)22(16-20)27-23(28)5-2/h9-13,15-16,25H,4-8,14,17H2,1-3H3,(H,26,29)(H,27,28). The van der Waals surface area contributed by atoms with Gasteiger partial charge in [0.25, 0.3) is 0 Å². The predicted molar refractivity (Wildman–Crippen MR) is 123 cm³/mol. The van der Waals surface area contributed by atoms with Crippen molar-refractivity contribution in [2.75, 3.05) is 29.1 Å². The summed E-state index contributed by atoms with van der Waals surface area (Å²) in [5, 5.41) is 8.82. The van der Waals surface area contributed by atoms with E-state index in [1.165, 1.54) is 19.3 Å². The lowest BCUT2D eigenvalue weighted by molar-refractivity contribution is -0.116. The Hall–Kier alpha value is -3.02. The van der Waals surface area contributed by atoms with Crippen molar-refractivity contribution in [2.45, 2.75) is 52.9 Å². The number of carbonyl (C=O) groups excluding carboxylic acids is 2. The highest BCUT2D eigenvalue weighted by Crippen LogP contribution is 2.21. The number of rotatable bonds is 12. The third kappa shape index (κ3) is 8.15. The van der Waals surface area contributed by atoms with Crippen LogP contribution in [0, 0.1) is 6.92 Å². The normalized spacial score (nSPS) is 10.4. The van der Waals surface area contributed by atoms with Crippen molar-refractivity contribution in [1.29, 1.82) is 0 Å². The fourth-order valence-electron chi connectivity index (χ4n) is 2.88. The maximum Gasteiger partial charge on any atom is 0.243 e. The molecule has 0 atom stereocenters. The highest BCUT2D eigenvalue weighted by molar-refractivity contribution is 5.96. The Morgan fingerprint density at radius 3 is 2.50 bits per heavy atom. The molecule has 0 unspecified atom stereocenters. The smallest absolute Gasteiger partial charge is 0.243 e. The zero-order valence-electron chi connectivity index (χ0n) is 18.2.